The summed E-state index contributed by atoms with van der Waals surface area (Å²) in [6, 6.07) is 6.23. The second kappa shape index (κ2) is 9.10. The van der Waals surface area contributed by atoms with Crippen molar-refractivity contribution in [2.45, 2.75) is 81.7 Å². The van der Waals surface area contributed by atoms with Crippen LogP contribution in [0.4, 0.5) is 0 Å². The number of sulfonamides is 2. The maximum absolute atomic E-state index is 12.7. The molecule has 1 heterocycles. The Kier molecular flexibility index (Phi) is 7.18. The molecule has 1 aliphatic rings. The Morgan fingerprint density at radius 1 is 1.06 bits per heavy atom. The van der Waals surface area contributed by atoms with E-state index in [2.05, 4.69) is 4.72 Å². The summed E-state index contributed by atoms with van der Waals surface area (Å²) in [7, 11) is -7.72. The summed E-state index contributed by atoms with van der Waals surface area (Å²) in [4.78, 5) is 0.0529. The van der Waals surface area contributed by atoms with Crippen LogP contribution in [-0.4, -0.2) is 26.9 Å². The number of nitrogens with one attached hydrogen (secondary N) is 1. The van der Waals surface area contributed by atoms with Crippen LogP contribution in [0.25, 0.3) is 11.3 Å². The molecule has 0 unspecified atom stereocenters. The third-order valence-corrected chi connectivity index (χ3v) is 9.02. The summed E-state index contributed by atoms with van der Waals surface area (Å²) in [5, 5.41) is 5.54. The number of rotatable bonds is 6. The topological polar surface area (TPSA) is 111 Å². The standard InChI is InChI=1S/C22H32ClN3O4S2/c1-15-21(31(24,27)28)13-19(26(15)14-16-8-6-5-7-9-16)17-10-11-20(18(23)12-17)32(29,30)25-22(2,3)4/h10-13,16,25H,5-9,14H2,1-4H3,(H2,24,27,28). The van der Waals surface area contributed by atoms with Gasteiger partial charge in [-0.05, 0) is 70.2 Å². The van der Waals surface area contributed by atoms with Gasteiger partial charge in [-0.25, -0.2) is 26.7 Å². The van der Waals surface area contributed by atoms with Crippen LogP contribution in [0.5, 0.6) is 0 Å². The van der Waals surface area contributed by atoms with Crippen molar-refractivity contribution in [2.75, 3.05) is 0 Å². The Bertz CT molecular complexity index is 1210. The Morgan fingerprint density at radius 2 is 1.69 bits per heavy atom. The van der Waals surface area contributed by atoms with Crippen molar-refractivity contribution in [3.05, 3.63) is 35.0 Å². The van der Waals surface area contributed by atoms with Crippen LogP contribution < -0.4 is 9.86 Å². The molecule has 178 valence electrons. The zero-order chi connectivity index (χ0) is 23.9. The SMILES string of the molecule is Cc1c(S(N)(=O)=O)cc(-c2ccc(S(=O)(=O)NC(C)(C)C)c(Cl)c2)n1CC1CCCCC1. The highest BCUT2D eigenvalue weighted by Gasteiger charge is 2.27. The number of hydrogen-bond donors (Lipinski definition) is 2. The van der Waals surface area contributed by atoms with Crippen molar-refractivity contribution in [1.82, 2.24) is 9.29 Å². The first-order valence-electron chi connectivity index (χ1n) is 10.8. The lowest BCUT2D eigenvalue weighted by molar-refractivity contribution is 0.318. The van der Waals surface area contributed by atoms with Crippen molar-refractivity contribution >= 4 is 31.6 Å². The van der Waals surface area contributed by atoms with E-state index < -0.39 is 25.6 Å². The largest absolute Gasteiger partial charge is 0.343 e. The highest BCUT2D eigenvalue weighted by molar-refractivity contribution is 7.89. The summed E-state index contributed by atoms with van der Waals surface area (Å²) < 4.78 is 54.4. The molecule has 1 saturated carbocycles. The molecule has 3 rings (SSSR count). The van der Waals surface area contributed by atoms with E-state index in [0.29, 0.717) is 29.4 Å². The van der Waals surface area contributed by atoms with Gasteiger partial charge in [0.1, 0.15) is 9.79 Å². The average Bonchev–Trinajstić information content (AvgIpc) is 2.97. The van der Waals surface area contributed by atoms with Crippen LogP contribution in [0, 0.1) is 12.8 Å². The van der Waals surface area contributed by atoms with Gasteiger partial charge >= 0.3 is 0 Å². The van der Waals surface area contributed by atoms with Crippen LogP contribution in [0.2, 0.25) is 5.02 Å². The van der Waals surface area contributed by atoms with E-state index in [1.165, 1.54) is 25.3 Å². The molecule has 3 N–H and O–H groups in total. The molecule has 10 heteroatoms. The molecule has 1 aliphatic carbocycles. The normalized spacial score (nSPS) is 16.4. The molecule has 0 bridgehead atoms. The fourth-order valence-corrected chi connectivity index (χ4v) is 7.11. The molecular formula is C22H32ClN3O4S2. The number of nitrogens with zero attached hydrogens (tertiary/aromatic N) is 1. The lowest BCUT2D eigenvalue weighted by Gasteiger charge is -2.24. The number of primary sulfonamides is 1. The Labute approximate surface area is 196 Å². The fraction of sp³-hybridized carbons (Fsp3) is 0.545. The minimum atomic E-state index is -3.91. The zero-order valence-electron chi connectivity index (χ0n) is 19.0. The second-order valence-electron chi connectivity index (χ2n) is 9.64. The summed E-state index contributed by atoms with van der Waals surface area (Å²) in [6.07, 6.45) is 5.75. The summed E-state index contributed by atoms with van der Waals surface area (Å²) in [6.45, 7) is 7.69. The molecule has 1 aromatic heterocycles. The Hall–Kier alpha value is -1.39. The van der Waals surface area contributed by atoms with Gasteiger partial charge in [0, 0.05) is 23.5 Å². The van der Waals surface area contributed by atoms with Gasteiger partial charge in [-0.2, -0.15) is 0 Å². The van der Waals surface area contributed by atoms with Crippen LogP contribution in [0.1, 0.15) is 58.6 Å². The van der Waals surface area contributed by atoms with Gasteiger partial charge in [0.05, 0.1) is 5.02 Å². The third-order valence-electron chi connectivity index (χ3n) is 5.75. The minimum absolute atomic E-state index is 0.0216. The molecule has 0 radical (unpaired) electrons. The lowest BCUT2D eigenvalue weighted by Crippen LogP contribution is -2.40. The van der Waals surface area contributed by atoms with E-state index in [1.807, 2.05) is 4.57 Å². The van der Waals surface area contributed by atoms with E-state index >= 15 is 0 Å². The monoisotopic (exact) mass is 501 g/mol. The molecule has 7 nitrogen and oxygen atoms in total. The van der Waals surface area contributed by atoms with E-state index in [9.17, 15) is 16.8 Å². The van der Waals surface area contributed by atoms with Gasteiger partial charge in [-0.1, -0.05) is 36.9 Å². The number of aromatic nitrogens is 1. The Balaban J connectivity index is 2.07. The molecule has 0 amide bonds. The van der Waals surface area contributed by atoms with Crippen molar-refractivity contribution in [3.63, 3.8) is 0 Å². The van der Waals surface area contributed by atoms with Gasteiger partial charge in [0.25, 0.3) is 0 Å². The minimum Gasteiger partial charge on any atom is -0.343 e. The van der Waals surface area contributed by atoms with Crippen LogP contribution in [0.15, 0.2) is 34.1 Å². The van der Waals surface area contributed by atoms with Crippen molar-refractivity contribution in [2.24, 2.45) is 11.1 Å². The van der Waals surface area contributed by atoms with Crippen molar-refractivity contribution in [1.29, 1.82) is 0 Å². The first-order valence-corrected chi connectivity index (χ1v) is 14.2. The fourth-order valence-electron chi connectivity index (χ4n) is 4.35. The van der Waals surface area contributed by atoms with Gasteiger partial charge in [0.15, 0.2) is 0 Å². The average molecular weight is 502 g/mol. The molecule has 1 aromatic carbocycles. The predicted molar refractivity (Wildman–Crippen MR) is 128 cm³/mol. The summed E-state index contributed by atoms with van der Waals surface area (Å²) >= 11 is 6.40. The van der Waals surface area contributed by atoms with Gasteiger partial charge in [-0.3, -0.25) is 0 Å². The highest BCUT2D eigenvalue weighted by atomic mass is 35.5. The van der Waals surface area contributed by atoms with E-state index in [4.69, 9.17) is 16.7 Å². The van der Waals surface area contributed by atoms with E-state index in [-0.39, 0.29) is 14.8 Å². The van der Waals surface area contributed by atoms with E-state index in [1.54, 1.807) is 45.9 Å². The maximum atomic E-state index is 12.7. The van der Waals surface area contributed by atoms with Crippen molar-refractivity contribution in [3.8, 4) is 11.3 Å². The third kappa shape index (κ3) is 5.75. The van der Waals surface area contributed by atoms with Crippen LogP contribution >= 0.6 is 11.6 Å². The molecule has 2 aromatic rings. The molecule has 1 fully saturated rings. The van der Waals surface area contributed by atoms with Gasteiger partial charge < -0.3 is 4.57 Å². The van der Waals surface area contributed by atoms with E-state index in [0.717, 1.165) is 12.8 Å². The number of halogens is 1. The highest BCUT2D eigenvalue weighted by Crippen LogP contribution is 2.35. The quantitative estimate of drug-likeness (QED) is 0.610. The summed E-state index contributed by atoms with van der Waals surface area (Å²) in [5.74, 6) is 0.452. The van der Waals surface area contributed by atoms with Crippen LogP contribution in [0.3, 0.4) is 0 Å². The number of hydrogen-bond acceptors (Lipinski definition) is 4. The first kappa shape index (κ1) is 25.2. The maximum Gasteiger partial charge on any atom is 0.242 e. The molecule has 0 atom stereocenters. The first-order chi connectivity index (χ1) is 14.7. The number of benzene rings is 1. The summed E-state index contributed by atoms with van der Waals surface area (Å²) in [5.41, 5.74) is 1.22. The Morgan fingerprint density at radius 3 is 2.22 bits per heavy atom. The lowest BCUT2D eigenvalue weighted by atomic mass is 9.89. The molecular weight excluding hydrogens is 470 g/mol. The predicted octanol–water partition coefficient (Wildman–Crippen LogP) is 4.42. The van der Waals surface area contributed by atoms with Gasteiger partial charge in [-0.15, -0.1) is 0 Å². The van der Waals surface area contributed by atoms with Crippen molar-refractivity contribution < 1.29 is 16.8 Å². The van der Waals surface area contributed by atoms with Gasteiger partial charge in [0.2, 0.25) is 20.0 Å². The van der Waals surface area contributed by atoms with Crippen LogP contribution in [-0.2, 0) is 26.6 Å². The zero-order valence-corrected chi connectivity index (χ0v) is 21.4. The molecule has 0 aliphatic heterocycles. The molecule has 0 saturated heterocycles. The smallest absolute Gasteiger partial charge is 0.242 e. The second-order valence-corrected chi connectivity index (χ2v) is 13.2. The molecule has 32 heavy (non-hydrogen) atoms. The number of nitrogens with two attached hydrogens (primary N) is 1. The molecule has 0 spiro atoms.